The summed E-state index contributed by atoms with van der Waals surface area (Å²) in [5.74, 6) is 0.130. The second-order valence-electron chi connectivity index (χ2n) is 4.31. The highest BCUT2D eigenvalue weighted by Gasteiger charge is 2.16. The van der Waals surface area contributed by atoms with Crippen LogP contribution in [0.15, 0.2) is 12.5 Å². The van der Waals surface area contributed by atoms with Gasteiger partial charge in [-0.05, 0) is 6.54 Å². The summed E-state index contributed by atoms with van der Waals surface area (Å²) in [6.07, 6.45) is 3.63. The van der Waals surface area contributed by atoms with E-state index in [0.29, 0.717) is 32.8 Å². The van der Waals surface area contributed by atoms with Crippen molar-refractivity contribution in [3.63, 3.8) is 0 Å². The van der Waals surface area contributed by atoms with Crippen molar-refractivity contribution in [3.8, 4) is 0 Å². The first-order valence-corrected chi connectivity index (χ1v) is 6.36. The molecule has 1 aliphatic heterocycles. The lowest BCUT2D eigenvalue weighted by Gasteiger charge is -2.26. The maximum absolute atomic E-state index is 12.0. The molecule has 0 saturated carbocycles. The van der Waals surface area contributed by atoms with Crippen LogP contribution >= 0.6 is 0 Å². The van der Waals surface area contributed by atoms with Gasteiger partial charge >= 0.3 is 0 Å². The summed E-state index contributed by atoms with van der Waals surface area (Å²) >= 11 is 0. The van der Waals surface area contributed by atoms with Crippen molar-refractivity contribution in [1.29, 1.82) is 0 Å². The SMILES string of the molecule is CCNCc1cn(CC(=O)N2CCOCC2)cn1. The predicted octanol–water partition coefficient (Wildman–Crippen LogP) is -0.149. The van der Waals surface area contributed by atoms with Gasteiger partial charge in [0.15, 0.2) is 0 Å². The number of imidazole rings is 1. The zero-order chi connectivity index (χ0) is 12.8. The van der Waals surface area contributed by atoms with Crippen molar-refractivity contribution >= 4 is 5.91 Å². The first-order chi connectivity index (χ1) is 8.79. The van der Waals surface area contributed by atoms with Crippen molar-refractivity contribution in [2.75, 3.05) is 32.8 Å². The number of morpholine rings is 1. The van der Waals surface area contributed by atoms with Gasteiger partial charge in [0.25, 0.3) is 0 Å². The van der Waals surface area contributed by atoms with E-state index >= 15 is 0 Å². The first kappa shape index (κ1) is 13.0. The van der Waals surface area contributed by atoms with Gasteiger partial charge in [0.05, 0.1) is 25.2 Å². The highest BCUT2D eigenvalue weighted by molar-refractivity contribution is 5.76. The second-order valence-corrected chi connectivity index (χ2v) is 4.31. The van der Waals surface area contributed by atoms with Crippen LogP contribution in [-0.2, 0) is 22.6 Å². The average molecular weight is 252 g/mol. The number of amides is 1. The third-order valence-corrected chi connectivity index (χ3v) is 2.92. The molecule has 2 heterocycles. The van der Waals surface area contributed by atoms with Crippen LogP contribution in [-0.4, -0.2) is 53.2 Å². The molecule has 6 heteroatoms. The summed E-state index contributed by atoms with van der Waals surface area (Å²) < 4.78 is 7.06. The van der Waals surface area contributed by atoms with E-state index in [1.807, 2.05) is 15.7 Å². The number of ether oxygens (including phenoxy) is 1. The van der Waals surface area contributed by atoms with E-state index < -0.39 is 0 Å². The summed E-state index contributed by atoms with van der Waals surface area (Å²) in [5, 5.41) is 3.21. The van der Waals surface area contributed by atoms with Gasteiger partial charge in [-0.25, -0.2) is 4.98 Å². The zero-order valence-electron chi connectivity index (χ0n) is 10.8. The Morgan fingerprint density at radius 2 is 2.28 bits per heavy atom. The van der Waals surface area contributed by atoms with Gasteiger partial charge in [0.1, 0.15) is 6.54 Å². The summed E-state index contributed by atoms with van der Waals surface area (Å²) in [6, 6.07) is 0. The molecular weight excluding hydrogens is 232 g/mol. The van der Waals surface area contributed by atoms with Crippen LogP contribution in [0.2, 0.25) is 0 Å². The van der Waals surface area contributed by atoms with Crippen molar-refractivity contribution < 1.29 is 9.53 Å². The standard InChI is InChI=1S/C12H20N4O2/c1-2-13-7-11-8-15(10-14-11)9-12(17)16-3-5-18-6-4-16/h8,10,13H,2-7,9H2,1H3. The molecule has 0 atom stereocenters. The van der Waals surface area contributed by atoms with Crippen LogP contribution in [0.25, 0.3) is 0 Å². The smallest absolute Gasteiger partial charge is 0.242 e. The number of hydrogen-bond donors (Lipinski definition) is 1. The molecule has 0 bridgehead atoms. The van der Waals surface area contributed by atoms with Crippen LogP contribution in [0, 0.1) is 0 Å². The molecule has 1 amide bonds. The van der Waals surface area contributed by atoms with Crippen molar-refractivity contribution in [2.45, 2.75) is 20.0 Å². The quantitative estimate of drug-likeness (QED) is 0.792. The summed E-state index contributed by atoms with van der Waals surface area (Å²) in [4.78, 5) is 18.1. The normalized spacial score (nSPS) is 15.9. The third kappa shape index (κ3) is 3.54. The fourth-order valence-corrected chi connectivity index (χ4v) is 1.91. The Morgan fingerprint density at radius 3 is 3.00 bits per heavy atom. The monoisotopic (exact) mass is 252 g/mol. The molecule has 1 saturated heterocycles. The fraction of sp³-hybridized carbons (Fsp3) is 0.667. The maximum Gasteiger partial charge on any atom is 0.242 e. The van der Waals surface area contributed by atoms with Gasteiger partial charge < -0.3 is 19.5 Å². The van der Waals surface area contributed by atoms with Crippen molar-refractivity contribution in [2.24, 2.45) is 0 Å². The highest BCUT2D eigenvalue weighted by atomic mass is 16.5. The fourth-order valence-electron chi connectivity index (χ4n) is 1.91. The Bertz CT molecular complexity index is 385. The van der Waals surface area contributed by atoms with E-state index in [1.54, 1.807) is 6.33 Å². The van der Waals surface area contributed by atoms with E-state index in [0.717, 1.165) is 18.8 Å². The number of hydrogen-bond acceptors (Lipinski definition) is 4. The Balaban J connectivity index is 1.84. The van der Waals surface area contributed by atoms with Crippen LogP contribution in [0.5, 0.6) is 0 Å². The maximum atomic E-state index is 12.0. The lowest BCUT2D eigenvalue weighted by molar-refractivity contribution is -0.135. The van der Waals surface area contributed by atoms with Gasteiger partial charge in [-0.1, -0.05) is 6.92 Å². The summed E-state index contributed by atoms with van der Waals surface area (Å²) in [6.45, 7) is 6.74. The topological polar surface area (TPSA) is 59.4 Å². The molecule has 2 rings (SSSR count). The molecule has 100 valence electrons. The molecule has 1 fully saturated rings. The third-order valence-electron chi connectivity index (χ3n) is 2.92. The van der Waals surface area contributed by atoms with Crippen LogP contribution in [0.4, 0.5) is 0 Å². The number of nitrogens with one attached hydrogen (secondary N) is 1. The number of aromatic nitrogens is 2. The number of carbonyl (C=O) groups is 1. The molecule has 0 radical (unpaired) electrons. The molecule has 1 aromatic rings. The second kappa shape index (κ2) is 6.51. The minimum atomic E-state index is 0.130. The van der Waals surface area contributed by atoms with E-state index in [2.05, 4.69) is 17.2 Å². The van der Waals surface area contributed by atoms with Gasteiger partial charge in [-0.2, -0.15) is 0 Å². The average Bonchev–Trinajstić information content (AvgIpc) is 2.85. The molecular formula is C12H20N4O2. The van der Waals surface area contributed by atoms with Crippen LogP contribution in [0.1, 0.15) is 12.6 Å². The molecule has 0 spiro atoms. The number of nitrogens with zero attached hydrogens (tertiary/aromatic N) is 3. The number of rotatable bonds is 5. The van der Waals surface area contributed by atoms with E-state index in [1.165, 1.54) is 0 Å². The summed E-state index contributed by atoms with van der Waals surface area (Å²) in [5.41, 5.74) is 0.964. The Kier molecular flexibility index (Phi) is 4.72. The van der Waals surface area contributed by atoms with Gasteiger partial charge in [0.2, 0.25) is 5.91 Å². The largest absolute Gasteiger partial charge is 0.378 e. The van der Waals surface area contributed by atoms with Crippen LogP contribution in [0.3, 0.4) is 0 Å². The van der Waals surface area contributed by atoms with E-state index in [9.17, 15) is 4.79 Å². The highest BCUT2D eigenvalue weighted by Crippen LogP contribution is 2.01. The first-order valence-electron chi connectivity index (χ1n) is 6.36. The Hall–Kier alpha value is -1.40. The molecule has 18 heavy (non-hydrogen) atoms. The van der Waals surface area contributed by atoms with Crippen molar-refractivity contribution in [3.05, 3.63) is 18.2 Å². The predicted molar refractivity (Wildman–Crippen MR) is 67.0 cm³/mol. The molecule has 6 nitrogen and oxygen atoms in total. The molecule has 1 N–H and O–H groups in total. The van der Waals surface area contributed by atoms with Gasteiger partial charge in [-0.3, -0.25) is 4.79 Å². The van der Waals surface area contributed by atoms with Crippen molar-refractivity contribution in [1.82, 2.24) is 19.8 Å². The minimum Gasteiger partial charge on any atom is -0.378 e. The molecule has 0 aliphatic carbocycles. The van der Waals surface area contributed by atoms with Gasteiger partial charge in [-0.15, -0.1) is 0 Å². The van der Waals surface area contributed by atoms with E-state index in [-0.39, 0.29) is 5.91 Å². The lowest BCUT2D eigenvalue weighted by atomic mass is 10.4. The van der Waals surface area contributed by atoms with Gasteiger partial charge in [0, 0.05) is 25.8 Å². The van der Waals surface area contributed by atoms with E-state index in [4.69, 9.17) is 4.74 Å². The Morgan fingerprint density at radius 1 is 1.50 bits per heavy atom. The molecule has 0 aromatic carbocycles. The van der Waals surface area contributed by atoms with Crippen LogP contribution < -0.4 is 5.32 Å². The lowest BCUT2D eigenvalue weighted by Crippen LogP contribution is -2.42. The summed E-state index contributed by atoms with van der Waals surface area (Å²) in [7, 11) is 0. The molecule has 1 aliphatic rings. The minimum absolute atomic E-state index is 0.130. The zero-order valence-corrected chi connectivity index (χ0v) is 10.8. The molecule has 1 aromatic heterocycles. The Labute approximate surface area is 107 Å². The molecule has 0 unspecified atom stereocenters. The number of carbonyl (C=O) groups excluding carboxylic acids is 1.